The first-order valence-corrected chi connectivity index (χ1v) is 5.14. The predicted octanol–water partition coefficient (Wildman–Crippen LogP) is 0.444. The second-order valence-corrected chi connectivity index (χ2v) is 3.95. The van der Waals surface area contributed by atoms with E-state index in [-0.39, 0.29) is 12.3 Å². The third-order valence-electron chi connectivity index (χ3n) is 2.65. The van der Waals surface area contributed by atoms with Crippen LogP contribution < -0.4 is 5.32 Å². The van der Waals surface area contributed by atoms with Gasteiger partial charge in [-0.05, 0) is 12.8 Å². The van der Waals surface area contributed by atoms with Crippen molar-refractivity contribution in [3.05, 3.63) is 0 Å². The van der Waals surface area contributed by atoms with Crippen LogP contribution in [0.4, 0.5) is 0 Å². The minimum absolute atomic E-state index is 0.0774. The fraction of sp³-hybridized carbons (Fsp3) is 0.900. The van der Waals surface area contributed by atoms with E-state index in [1.54, 1.807) is 7.11 Å². The monoisotopic (exact) mass is 201 g/mol. The van der Waals surface area contributed by atoms with Gasteiger partial charge in [-0.15, -0.1) is 0 Å². The molecule has 0 aliphatic heterocycles. The largest absolute Gasteiger partial charge is 0.389 e. The van der Waals surface area contributed by atoms with Gasteiger partial charge in [-0.3, -0.25) is 4.79 Å². The molecule has 1 aliphatic carbocycles. The van der Waals surface area contributed by atoms with Crippen LogP contribution in [-0.2, 0) is 9.53 Å². The van der Waals surface area contributed by atoms with Crippen molar-refractivity contribution in [1.29, 1.82) is 0 Å². The van der Waals surface area contributed by atoms with Crippen molar-refractivity contribution < 1.29 is 14.6 Å². The molecule has 1 fully saturated rings. The molecule has 1 amide bonds. The minimum Gasteiger partial charge on any atom is -0.389 e. The zero-order valence-corrected chi connectivity index (χ0v) is 8.71. The van der Waals surface area contributed by atoms with E-state index in [4.69, 9.17) is 4.74 Å². The third kappa shape index (κ3) is 3.64. The van der Waals surface area contributed by atoms with Crippen molar-refractivity contribution in [3.8, 4) is 0 Å². The van der Waals surface area contributed by atoms with Crippen LogP contribution in [0.15, 0.2) is 0 Å². The fourth-order valence-corrected chi connectivity index (χ4v) is 1.86. The number of aliphatic hydroxyl groups is 1. The second-order valence-electron chi connectivity index (χ2n) is 3.95. The van der Waals surface area contributed by atoms with Crippen LogP contribution in [0.25, 0.3) is 0 Å². The van der Waals surface area contributed by atoms with Gasteiger partial charge in [0.15, 0.2) is 0 Å². The molecular weight excluding hydrogens is 182 g/mol. The Morgan fingerprint density at radius 2 is 2.14 bits per heavy atom. The summed E-state index contributed by atoms with van der Waals surface area (Å²) in [6, 6.07) is 0. The SMILES string of the molecule is COCCNC(=O)CC1(O)CCCC1. The lowest BCUT2D eigenvalue weighted by Gasteiger charge is -2.20. The van der Waals surface area contributed by atoms with Gasteiger partial charge in [-0.1, -0.05) is 12.8 Å². The number of ether oxygens (including phenoxy) is 1. The summed E-state index contributed by atoms with van der Waals surface area (Å²) in [4.78, 5) is 11.4. The number of amides is 1. The van der Waals surface area contributed by atoms with Gasteiger partial charge in [0.25, 0.3) is 0 Å². The molecule has 0 bridgehead atoms. The van der Waals surface area contributed by atoms with E-state index in [2.05, 4.69) is 5.32 Å². The number of hydrogen-bond acceptors (Lipinski definition) is 3. The van der Waals surface area contributed by atoms with Crippen molar-refractivity contribution in [1.82, 2.24) is 5.32 Å². The van der Waals surface area contributed by atoms with Gasteiger partial charge >= 0.3 is 0 Å². The Morgan fingerprint density at radius 1 is 1.50 bits per heavy atom. The first-order valence-electron chi connectivity index (χ1n) is 5.14. The Kier molecular flexibility index (Phi) is 4.35. The molecule has 0 aromatic carbocycles. The number of rotatable bonds is 5. The molecule has 0 radical (unpaired) electrons. The van der Waals surface area contributed by atoms with Crippen molar-refractivity contribution in [2.24, 2.45) is 0 Å². The first kappa shape index (κ1) is 11.5. The smallest absolute Gasteiger partial charge is 0.222 e. The topological polar surface area (TPSA) is 58.6 Å². The zero-order chi connectivity index (χ0) is 10.4. The van der Waals surface area contributed by atoms with Gasteiger partial charge < -0.3 is 15.2 Å². The summed E-state index contributed by atoms with van der Waals surface area (Å²) in [5.41, 5.74) is -0.739. The van der Waals surface area contributed by atoms with Crippen molar-refractivity contribution in [2.45, 2.75) is 37.7 Å². The molecule has 4 nitrogen and oxygen atoms in total. The fourth-order valence-electron chi connectivity index (χ4n) is 1.86. The quantitative estimate of drug-likeness (QED) is 0.635. The van der Waals surface area contributed by atoms with Crippen molar-refractivity contribution in [2.75, 3.05) is 20.3 Å². The summed E-state index contributed by atoms with van der Waals surface area (Å²) in [7, 11) is 1.59. The Labute approximate surface area is 84.6 Å². The summed E-state index contributed by atoms with van der Waals surface area (Å²) >= 11 is 0. The number of carbonyl (C=O) groups is 1. The molecular formula is C10H19NO3. The third-order valence-corrected chi connectivity index (χ3v) is 2.65. The molecule has 0 aromatic heterocycles. The molecule has 0 saturated heterocycles. The van der Waals surface area contributed by atoms with E-state index in [0.29, 0.717) is 13.2 Å². The maximum atomic E-state index is 11.4. The maximum Gasteiger partial charge on any atom is 0.222 e. The highest BCUT2D eigenvalue weighted by atomic mass is 16.5. The van der Waals surface area contributed by atoms with Gasteiger partial charge in [0.2, 0.25) is 5.91 Å². The first-order chi connectivity index (χ1) is 6.66. The lowest BCUT2D eigenvalue weighted by molar-refractivity contribution is -0.126. The van der Waals surface area contributed by atoms with E-state index in [1.165, 1.54) is 0 Å². The highest BCUT2D eigenvalue weighted by Crippen LogP contribution is 2.31. The number of nitrogens with one attached hydrogen (secondary N) is 1. The van der Waals surface area contributed by atoms with Gasteiger partial charge in [0.1, 0.15) is 0 Å². The van der Waals surface area contributed by atoms with Crippen LogP contribution in [0, 0.1) is 0 Å². The van der Waals surface area contributed by atoms with E-state index in [0.717, 1.165) is 25.7 Å². The molecule has 2 N–H and O–H groups in total. The molecule has 0 aromatic rings. The van der Waals surface area contributed by atoms with Crippen LogP contribution >= 0.6 is 0 Å². The van der Waals surface area contributed by atoms with E-state index in [1.807, 2.05) is 0 Å². The Balaban J connectivity index is 2.19. The Bertz CT molecular complexity index is 188. The van der Waals surface area contributed by atoms with Crippen LogP contribution in [0.1, 0.15) is 32.1 Å². The van der Waals surface area contributed by atoms with Gasteiger partial charge in [0.05, 0.1) is 18.6 Å². The molecule has 0 unspecified atom stereocenters. The molecule has 82 valence electrons. The summed E-state index contributed by atoms with van der Waals surface area (Å²) in [5.74, 6) is -0.0774. The normalized spacial score (nSPS) is 19.6. The van der Waals surface area contributed by atoms with Crippen LogP contribution in [0.3, 0.4) is 0 Å². The lowest BCUT2D eigenvalue weighted by Crippen LogP contribution is -2.35. The van der Waals surface area contributed by atoms with E-state index in [9.17, 15) is 9.90 Å². The highest BCUT2D eigenvalue weighted by Gasteiger charge is 2.33. The maximum absolute atomic E-state index is 11.4. The summed E-state index contributed by atoms with van der Waals surface area (Å²) < 4.78 is 4.81. The zero-order valence-electron chi connectivity index (χ0n) is 8.71. The number of methoxy groups -OCH3 is 1. The lowest BCUT2D eigenvalue weighted by atomic mass is 9.98. The second kappa shape index (κ2) is 5.32. The molecule has 1 aliphatic rings. The molecule has 4 heteroatoms. The van der Waals surface area contributed by atoms with Gasteiger partial charge in [-0.2, -0.15) is 0 Å². The standard InChI is InChI=1S/C10H19NO3/c1-14-7-6-11-9(12)8-10(13)4-2-3-5-10/h13H,2-8H2,1H3,(H,11,12). The molecule has 0 heterocycles. The van der Waals surface area contributed by atoms with Crippen molar-refractivity contribution >= 4 is 5.91 Å². The number of hydrogen-bond donors (Lipinski definition) is 2. The van der Waals surface area contributed by atoms with Crippen LogP contribution in [-0.4, -0.2) is 36.9 Å². The minimum atomic E-state index is -0.739. The van der Waals surface area contributed by atoms with Crippen LogP contribution in [0.2, 0.25) is 0 Å². The molecule has 14 heavy (non-hydrogen) atoms. The van der Waals surface area contributed by atoms with Crippen molar-refractivity contribution in [3.63, 3.8) is 0 Å². The average Bonchev–Trinajstić information content (AvgIpc) is 2.52. The van der Waals surface area contributed by atoms with E-state index < -0.39 is 5.60 Å². The molecule has 1 saturated carbocycles. The summed E-state index contributed by atoms with van der Waals surface area (Å²) in [6.45, 7) is 1.04. The molecule has 0 spiro atoms. The summed E-state index contributed by atoms with van der Waals surface area (Å²) in [6.07, 6.45) is 3.80. The Hall–Kier alpha value is -0.610. The molecule has 1 rings (SSSR count). The highest BCUT2D eigenvalue weighted by molar-refractivity contribution is 5.77. The van der Waals surface area contributed by atoms with Gasteiger partial charge in [-0.25, -0.2) is 0 Å². The predicted molar refractivity (Wildman–Crippen MR) is 52.9 cm³/mol. The van der Waals surface area contributed by atoms with E-state index >= 15 is 0 Å². The summed E-state index contributed by atoms with van der Waals surface area (Å²) in [5, 5.41) is 12.6. The average molecular weight is 201 g/mol. The number of carbonyl (C=O) groups excluding carboxylic acids is 1. The van der Waals surface area contributed by atoms with Crippen LogP contribution in [0.5, 0.6) is 0 Å². The molecule has 0 atom stereocenters. The van der Waals surface area contributed by atoms with Gasteiger partial charge in [0, 0.05) is 13.7 Å². The Morgan fingerprint density at radius 3 is 2.71 bits per heavy atom.